The molecule has 0 radical (unpaired) electrons. The Balaban J connectivity index is 2.08. The third-order valence-electron chi connectivity index (χ3n) is 2.60. The molecule has 0 fully saturated rings. The molecule has 20 heavy (non-hydrogen) atoms. The number of rotatable bonds is 3. The number of urea groups is 1. The van der Waals surface area contributed by atoms with E-state index in [9.17, 15) is 9.90 Å². The number of nitrogens with one attached hydrogen (secondary N) is 1. The molecule has 2 rings (SSSR count). The molecule has 2 N–H and O–H groups in total. The maximum Gasteiger partial charge on any atom is 0.345 e. The predicted molar refractivity (Wildman–Crippen MR) is 77.7 cm³/mol. The number of ether oxygens (including phenoxy) is 1. The number of hydrogen-bond acceptors (Lipinski definition) is 3. The lowest BCUT2D eigenvalue weighted by atomic mass is 10.2. The zero-order chi connectivity index (χ0) is 14.4. The number of anilines is 1. The quantitative estimate of drug-likeness (QED) is 0.842. The van der Waals surface area contributed by atoms with Crippen LogP contribution in [0.5, 0.6) is 11.5 Å². The highest BCUT2D eigenvalue weighted by Gasteiger charge is 2.05. The normalized spacial score (nSPS) is 10.4. The van der Waals surface area contributed by atoms with Crippen molar-refractivity contribution in [1.29, 1.82) is 0 Å². The van der Waals surface area contributed by atoms with Crippen LogP contribution >= 0.6 is 0 Å². The summed E-state index contributed by atoms with van der Waals surface area (Å²) in [4.78, 5) is 15.4. The molecule has 0 aromatic heterocycles. The highest BCUT2D eigenvalue weighted by atomic mass is 16.5. The summed E-state index contributed by atoms with van der Waals surface area (Å²) in [6.45, 7) is 0. The van der Waals surface area contributed by atoms with Crippen molar-refractivity contribution in [2.75, 3.05) is 12.4 Å². The molecular weight excluding hydrogens is 256 g/mol. The molecule has 0 heterocycles. The minimum Gasteiger partial charge on any atom is -0.504 e. The summed E-state index contributed by atoms with van der Waals surface area (Å²) in [6.07, 6.45) is 1.29. The zero-order valence-electron chi connectivity index (χ0n) is 10.9. The molecule has 0 aliphatic heterocycles. The first-order chi connectivity index (χ1) is 9.70. The lowest BCUT2D eigenvalue weighted by molar-refractivity contribution is 0.259. The van der Waals surface area contributed by atoms with Gasteiger partial charge in [-0.15, -0.1) is 0 Å². The van der Waals surface area contributed by atoms with Gasteiger partial charge >= 0.3 is 6.03 Å². The number of aliphatic imine (C=N–C) groups is 1. The van der Waals surface area contributed by atoms with Gasteiger partial charge in [0.05, 0.1) is 7.11 Å². The number of hydrogen-bond donors (Lipinski definition) is 2. The van der Waals surface area contributed by atoms with Gasteiger partial charge in [0.2, 0.25) is 0 Å². The first kappa shape index (κ1) is 13.6. The predicted octanol–water partition coefficient (Wildman–Crippen LogP) is 3.05. The summed E-state index contributed by atoms with van der Waals surface area (Å²) >= 11 is 0. The van der Waals surface area contributed by atoms with Crippen LogP contribution in [0, 0.1) is 0 Å². The summed E-state index contributed by atoms with van der Waals surface area (Å²) < 4.78 is 4.98. The molecule has 0 saturated heterocycles. The number of para-hydroxylation sites is 2. The molecule has 0 unspecified atom stereocenters. The van der Waals surface area contributed by atoms with E-state index in [1.165, 1.54) is 13.3 Å². The number of benzene rings is 2. The van der Waals surface area contributed by atoms with Crippen LogP contribution in [-0.2, 0) is 0 Å². The second-order valence-electron chi connectivity index (χ2n) is 3.95. The summed E-state index contributed by atoms with van der Waals surface area (Å²) in [5.41, 5.74) is 1.07. The van der Waals surface area contributed by atoms with Crippen LogP contribution in [0.4, 0.5) is 10.5 Å². The highest BCUT2D eigenvalue weighted by Crippen LogP contribution is 2.27. The van der Waals surface area contributed by atoms with E-state index in [2.05, 4.69) is 10.3 Å². The third-order valence-corrected chi connectivity index (χ3v) is 2.60. The monoisotopic (exact) mass is 270 g/mol. The summed E-state index contributed by atoms with van der Waals surface area (Å²) in [6, 6.07) is 13.4. The van der Waals surface area contributed by atoms with Crippen molar-refractivity contribution in [2.45, 2.75) is 0 Å². The highest BCUT2D eigenvalue weighted by molar-refractivity contribution is 5.99. The van der Waals surface area contributed by atoms with Crippen LogP contribution in [0.3, 0.4) is 0 Å². The molecule has 5 heteroatoms. The van der Waals surface area contributed by atoms with Crippen molar-refractivity contribution in [1.82, 2.24) is 0 Å². The molecular formula is C15H14N2O3. The van der Waals surface area contributed by atoms with E-state index >= 15 is 0 Å². The minimum atomic E-state index is -0.515. The topological polar surface area (TPSA) is 70.9 Å². The maximum atomic E-state index is 11.6. The lowest BCUT2D eigenvalue weighted by Crippen LogP contribution is -2.06. The molecule has 0 aliphatic carbocycles. The Morgan fingerprint density at radius 3 is 2.65 bits per heavy atom. The van der Waals surface area contributed by atoms with Gasteiger partial charge in [0.15, 0.2) is 11.5 Å². The average molecular weight is 270 g/mol. The summed E-state index contributed by atoms with van der Waals surface area (Å²) in [7, 11) is 1.46. The minimum absolute atomic E-state index is 0.0498. The van der Waals surface area contributed by atoms with Crippen LogP contribution in [0.2, 0.25) is 0 Å². The van der Waals surface area contributed by atoms with Crippen molar-refractivity contribution in [3.63, 3.8) is 0 Å². The van der Waals surface area contributed by atoms with Gasteiger partial charge in [-0.25, -0.2) is 9.79 Å². The van der Waals surface area contributed by atoms with E-state index in [1.54, 1.807) is 30.3 Å². The van der Waals surface area contributed by atoms with Crippen LogP contribution in [0.25, 0.3) is 0 Å². The van der Waals surface area contributed by atoms with E-state index in [4.69, 9.17) is 4.74 Å². The fraction of sp³-hybridized carbons (Fsp3) is 0.0667. The van der Waals surface area contributed by atoms with Gasteiger partial charge in [0.1, 0.15) is 0 Å². The Morgan fingerprint density at radius 1 is 1.20 bits per heavy atom. The first-order valence-corrected chi connectivity index (χ1v) is 5.97. The van der Waals surface area contributed by atoms with Crippen LogP contribution in [0.15, 0.2) is 53.5 Å². The molecule has 2 aromatic carbocycles. The van der Waals surface area contributed by atoms with Crippen molar-refractivity contribution < 1.29 is 14.6 Å². The Hall–Kier alpha value is -2.82. The van der Waals surface area contributed by atoms with Crippen LogP contribution in [-0.4, -0.2) is 24.5 Å². The molecule has 5 nitrogen and oxygen atoms in total. The standard InChI is InChI=1S/C15H14N2O3/c1-20-13-9-5-6-11(14(13)18)10-16-15(19)17-12-7-3-2-4-8-12/h2-10,18H,1H3,(H,17,19)/b16-10+. The maximum absolute atomic E-state index is 11.6. The van der Waals surface area contributed by atoms with E-state index in [0.29, 0.717) is 17.0 Å². The van der Waals surface area contributed by atoms with E-state index in [-0.39, 0.29) is 5.75 Å². The Bertz CT molecular complexity index is 624. The van der Waals surface area contributed by atoms with Crippen molar-refractivity contribution in [2.24, 2.45) is 4.99 Å². The zero-order valence-corrected chi connectivity index (χ0v) is 10.9. The second-order valence-corrected chi connectivity index (χ2v) is 3.95. The van der Waals surface area contributed by atoms with Gasteiger partial charge in [-0.2, -0.15) is 0 Å². The number of phenols is 1. The number of carbonyl (C=O) groups excluding carboxylic acids is 1. The number of amides is 2. The van der Waals surface area contributed by atoms with Crippen molar-refractivity contribution in [3.8, 4) is 11.5 Å². The van der Waals surface area contributed by atoms with Gasteiger partial charge in [-0.3, -0.25) is 0 Å². The smallest absolute Gasteiger partial charge is 0.345 e. The summed E-state index contributed by atoms with van der Waals surface area (Å²) in [5, 5.41) is 12.5. The molecule has 102 valence electrons. The lowest BCUT2D eigenvalue weighted by Gasteiger charge is -2.05. The van der Waals surface area contributed by atoms with E-state index < -0.39 is 6.03 Å². The molecule has 0 spiro atoms. The van der Waals surface area contributed by atoms with Gasteiger partial charge in [0, 0.05) is 17.5 Å². The Kier molecular flexibility index (Phi) is 4.34. The number of nitrogens with zero attached hydrogens (tertiary/aromatic N) is 1. The molecule has 0 bridgehead atoms. The van der Waals surface area contributed by atoms with Crippen molar-refractivity contribution in [3.05, 3.63) is 54.1 Å². The second kappa shape index (κ2) is 6.38. The molecule has 0 atom stereocenters. The Morgan fingerprint density at radius 2 is 1.95 bits per heavy atom. The van der Waals surface area contributed by atoms with E-state index in [0.717, 1.165) is 0 Å². The van der Waals surface area contributed by atoms with Crippen LogP contribution < -0.4 is 10.1 Å². The number of aromatic hydroxyl groups is 1. The fourth-order valence-corrected chi connectivity index (χ4v) is 1.61. The SMILES string of the molecule is COc1cccc(/C=N/C(=O)Nc2ccccc2)c1O. The molecule has 0 saturated carbocycles. The third kappa shape index (κ3) is 3.35. The van der Waals surface area contributed by atoms with E-state index in [1.807, 2.05) is 18.2 Å². The van der Waals surface area contributed by atoms with Crippen LogP contribution in [0.1, 0.15) is 5.56 Å². The van der Waals surface area contributed by atoms with Gasteiger partial charge < -0.3 is 15.2 Å². The number of methoxy groups -OCH3 is 1. The van der Waals surface area contributed by atoms with Crippen molar-refractivity contribution >= 4 is 17.9 Å². The molecule has 2 amide bonds. The molecule has 2 aromatic rings. The number of phenolic OH excluding ortho intramolecular Hbond substituents is 1. The molecule has 0 aliphatic rings. The average Bonchev–Trinajstić information content (AvgIpc) is 2.47. The summed E-state index contributed by atoms with van der Waals surface area (Å²) in [5.74, 6) is 0.281. The van der Waals surface area contributed by atoms with Gasteiger partial charge in [0.25, 0.3) is 0 Å². The van der Waals surface area contributed by atoms with Gasteiger partial charge in [-0.05, 0) is 24.3 Å². The van der Waals surface area contributed by atoms with Gasteiger partial charge in [-0.1, -0.05) is 24.3 Å². The fourth-order valence-electron chi connectivity index (χ4n) is 1.61. The number of carbonyl (C=O) groups is 1. The first-order valence-electron chi connectivity index (χ1n) is 5.97. The largest absolute Gasteiger partial charge is 0.504 e. The Labute approximate surface area is 116 Å².